The van der Waals surface area contributed by atoms with Crippen molar-refractivity contribution in [1.29, 1.82) is 0 Å². The van der Waals surface area contributed by atoms with E-state index in [1.807, 2.05) is 62.1 Å². The zero-order chi connectivity index (χ0) is 21.1. The number of nitrogens with one attached hydrogen (secondary N) is 2. The van der Waals surface area contributed by atoms with Gasteiger partial charge in [-0.2, -0.15) is 10.2 Å². The highest BCUT2D eigenvalue weighted by atomic mass is 16.1. The van der Waals surface area contributed by atoms with Crippen molar-refractivity contribution in [2.24, 2.45) is 7.05 Å². The van der Waals surface area contributed by atoms with Crippen molar-refractivity contribution >= 4 is 5.91 Å². The Morgan fingerprint density at radius 2 is 1.93 bits per heavy atom. The van der Waals surface area contributed by atoms with Crippen LogP contribution in [0.3, 0.4) is 0 Å². The molecular weight excluding hydrogens is 376 g/mol. The average molecular weight is 400 g/mol. The molecule has 0 aliphatic rings. The third-order valence-electron chi connectivity index (χ3n) is 5.13. The lowest BCUT2D eigenvalue weighted by Gasteiger charge is -2.08. The number of hydrogen-bond donors (Lipinski definition) is 2. The molecule has 30 heavy (non-hydrogen) atoms. The van der Waals surface area contributed by atoms with Crippen molar-refractivity contribution in [1.82, 2.24) is 30.3 Å². The predicted octanol–water partition coefficient (Wildman–Crippen LogP) is 3.35. The smallest absolute Gasteiger partial charge is 0.224 e. The lowest BCUT2D eigenvalue weighted by molar-refractivity contribution is -0.120. The Morgan fingerprint density at radius 1 is 1.13 bits per heavy atom. The SMILES string of the molecule is Cc1n[nH]c(C)c1CC(=O)NCc1cccc(-c2nn(C)cc2-c2ccncc2)c1. The number of nitrogens with zero attached hydrogens (tertiary/aromatic N) is 4. The van der Waals surface area contributed by atoms with E-state index in [2.05, 4.69) is 31.7 Å². The maximum absolute atomic E-state index is 12.4. The van der Waals surface area contributed by atoms with Crippen molar-refractivity contribution in [3.05, 3.63) is 77.5 Å². The number of hydrogen-bond acceptors (Lipinski definition) is 4. The van der Waals surface area contributed by atoms with Crippen LogP contribution in [0.4, 0.5) is 0 Å². The summed E-state index contributed by atoms with van der Waals surface area (Å²) < 4.78 is 1.81. The molecule has 3 heterocycles. The van der Waals surface area contributed by atoms with Crippen LogP contribution < -0.4 is 5.32 Å². The molecule has 0 spiro atoms. The molecule has 4 rings (SSSR count). The molecule has 0 aliphatic carbocycles. The quantitative estimate of drug-likeness (QED) is 0.519. The highest BCUT2D eigenvalue weighted by Gasteiger charge is 2.14. The van der Waals surface area contributed by atoms with Gasteiger partial charge < -0.3 is 5.32 Å². The molecule has 3 aromatic heterocycles. The normalized spacial score (nSPS) is 10.9. The van der Waals surface area contributed by atoms with Crippen LogP contribution in [0, 0.1) is 13.8 Å². The van der Waals surface area contributed by atoms with Crippen LogP contribution in [0.25, 0.3) is 22.4 Å². The van der Waals surface area contributed by atoms with Crippen LogP contribution in [0.15, 0.2) is 55.0 Å². The van der Waals surface area contributed by atoms with Crippen LogP contribution >= 0.6 is 0 Å². The number of H-pyrrole nitrogens is 1. The largest absolute Gasteiger partial charge is 0.352 e. The number of pyridine rings is 1. The molecule has 152 valence electrons. The van der Waals surface area contributed by atoms with Gasteiger partial charge in [-0.05, 0) is 43.2 Å². The first-order valence-electron chi connectivity index (χ1n) is 9.82. The molecule has 2 N–H and O–H groups in total. The van der Waals surface area contributed by atoms with E-state index in [0.717, 1.165) is 44.9 Å². The molecule has 1 amide bonds. The molecule has 0 unspecified atom stereocenters. The van der Waals surface area contributed by atoms with Gasteiger partial charge in [0.05, 0.1) is 12.1 Å². The molecule has 0 saturated carbocycles. The van der Waals surface area contributed by atoms with Crippen LogP contribution in [0.1, 0.15) is 22.5 Å². The van der Waals surface area contributed by atoms with Crippen molar-refractivity contribution in [3.63, 3.8) is 0 Å². The minimum atomic E-state index is -0.0247. The predicted molar refractivity (Wildman–Crippen MR) is 115 cm³/mol. The summed E-state index contributed by atoms with van der Waals surface area (Å²) in [5.41, 5.74) is 7.80. The minimum Gasteiger partial charge on any atom is -0.352 e. The second kappa shape index (κ2) is 8.32. The maximum atomic E-state index is 12.4. The zero-order valence-corrected chi connectivity index (χ0v) is 17.3. The summed E-state index contributed by atoms with van der Waals surface area (Å²) in [5, 5.41) is 14.7. The lowest BCUT2D eigenvalue weighted by atomic mass is 10.0. The fraction of sp³-hybridized carbons (Fsp3) is 0.217. The van der Waals surface area contributed by atoms with Crippen LogP contribution in [-0.4, -0.2) is 30.9 Å². The van der Waals surface area contributed by atoms with Gasteiger partial charge in [-0.1, -0.05) is 18.2 Å². The van der Waals surface area contributed by atoms with Gasteiger partial charge >= 0.3 is 0 Å². The number of carbonyl (C=O) groups is 1. The van der Waals surface area contributed by atoms with E-state index >= 15 is 0 Å². The number of rotatable bonds is 6. The number of carbonyl (C=O) groups excluding carboxylic acids is 1. The molecule has 0 bridgehead atoms. The molecule has 0 saturated heterocycles. The van der Waals surface area contributed by atoms with Gasteiger partial charge in [-0.15, -0.1) is 0 Å². The molecular formula is C23H24N6O. The van der Waals surface area contributed by atoms with Crippen LogP contribution in [0.2, 0.25) is 0 Å². The summed E-state index contributed by atoms with van der Waals surface area (Å²) >= 11 is 0. The topological polar surface area (TPSA) is 88.5 Å². The van der Waals surface area contributed by atoms with E-state index in [4.69, 9.17) is 0 Å². The molecule has 7 heteroatoms. The Bertz CT molecular complexity index is 1160. The van der Waals surface area contributed by atoms with Crippen molar-refractivity contribution in [2.45, 2.75) is 26.8 Å². The Hall–Kier alpha value is -3.74. The Morgan fingerprint density at radius 3 is 2.67 bits per heavy atom. The fourth-order valence-corrected chi connectivity index (χ4v) is 3.53. The minimum absolute atomic E-state index is 0.0247. The summed E-state index contributed by atoms with van der Waals surface area (Å²) in [6.45, 7) is 4.29. The highest BCUT2D eigenvalue weighted by molar-refractivity contribution is 5.81. The average Bonchev–Trinajstić information content (AvgIpc) is 3.30. The summed E-state index contributed by atoms with van der Waals surface area (Å²) in [5.74, 6) is -0.0247. The van der Waals surface area contributed by atoms with Crippen molar-refractivity contribution < 1.29 is 4.79 Å². The monoisotopic (exact) mass is 400 g/mol. The molecule has 4 aromatic rings. The van der Waals surface area contributed by atoms with Gasteiger partial charge in [-0.25, -0.2) is 0 Å². The number of aryl methyl sites for hydroxylation is 3. The standard InChI is InChI=1S/C23H24N6O/c1-15-20(16(2)27-26-15)12-22(30)25-13-17-5-4-6-19(11-17)23-21(14-29(3)28-23)18-7-9-24-10-8-18/h4-11,14H,12-13H2,1-3H3,(H,25,30)(H,26,27). The van der Waals surface area contributed by atoms with Gasteiger partial charge in [0.15, 0.2) is 0 Å². The second-order valence-electron chi connectivity index (χ2n) is 7.37. The summed E-state index contributed by atoms with van der Waals surface area (Å²) in [7, 11) is 1.91. The van der Waals surface area contributed by atoms with Gasteiger partial charge in [0, 0.05) is 54.6 Å². The van der Waals surface area contributed by atoms with Crippen LogP contribution in [0.5, 0.6) is 0 Å². The van der Waals surface area contributed by atoms with E-state index in [1.165, 1.54) is 0 Å². The summed E-state index contributed by atoms with van der Waals surface area (Å²) in [6, 6.07) is 12.1. The number of aromatic nitrogens is 5. The van der Waals surface area contributed by atoms with E-state index in [-0.39, 0.29) is 5.91 Å². The van der Waals surface area contributed by atoms with E-state index in [1.54, 1.807) is 12.4 Å². The Kier molecular flexibility index (Phi) is 5.43. The number of aromatic amines is 1. The molecule has 0 atom stereocenters. The van der Waals surface area contributed by atoms with Crippen molar-refractivity contribution in [2.75, 3.05) is 0 Å². The van der Waals surface area contributed by atoms with Gasteiger partial charge in [0.25, 0.3) is 0 Å². The van der Waals surface area contributed by atoms with Crippen LogP contribution in [-0.2, 0) is 24.8 Å². The molecule has 0 aliphatic heterocycles. The molecule has 7 nitrogen and oxygen atoms in total. The first-order chi connectivity index (χ1) is 14.5. The first-order valence-corrected chi connectivity index (χ1v) is 9.82. The maximum Gasteiger partial charge on any atom is 0.224 e. The first kappa shape index (κ1) is 19.6. The molecule has 0 fully saturated rings. The fourth-order valence-electron chi connectivity index (χ4n) is 3.53. The summed E-state index contributed by atoms with van der Waals surface area (Å²) in [6.07, 6.45) is 5.89. The lowest BCUT2D eigenvalue weighted by Crippen LogP contribution is -2.25. The van der Waals surface area contributed by atoms with E-state index in [9.17, 15) is 4.79 Å². The molecule has 1 aromatic carbocycles. The third kappa shape index (κ3) is 4.15. The van der Waals surface area contributed by atoms with E-state index < -0.39 is 0 Å². The van der Waals surface area contributed by atoms with Crippen molar-refractivity contribution in [3.8, 4) is 22.4 Å². The molecule has 0 radical (unpaired) electrons. The zero-order valence-electron chi connectivity index (χ0n) is 17.3. The highest BCUT2D eigenvalue weighted by Crippen LogP contribution is 2.30. The number of benzene rings is 1. The Balaban J connectivity index is 1.51. The van der Waals surface area contributed by atoms with Gasteiger partial charge in [0.2, 0.25) is 5.91 Å². The third-order valence-corrected chi connectivity index (χ3v) is 5.13. The Labute approximate surface area is 175 Å². The number of amides is 1. The summed E-state index contributed by atoms with van der Waals surface area (Å²) in [4.78, 5) is 16.5. The van der Waals surface area contributed by atoms with Gasteiger partial charge in [-0.3, -0.25) is 19.6 Å². The van der Waals surface area contributed by atoms with Gasteiger partial charge in [0.1, 0.15) is 5.69 Å². The second-order valence-corrected chi connectivity index (χ2v) is 7.37. The van der Waals surface area contributed by atoms with E-state index in [0.29, 0.717) is 13.0 Å².